The number of aromatic nitrogens is 1. The van der Waals surface area contributed by atoms with Crippen LogP contribution in [0.5, 0.6) is 5.75 Å². The molecule has 19 heavy (non-hydrogen) atoms. The zero-order chi connectivity index (χ0) is 13.7. The van der Waals surface area contributed by atoms with Crippen LogP contribution in [0.2, 0.25) is 0 Å². The van der Waals surface area contributed by atoms with Gasteiger partial charge in [-0.3, -0.25) is 9.78 Å². The maximum atomic E-state index is 12.1. The van der Waals surface area contributed by atoms with Crippen molar-refractivity contribution in [1.82, 2.24) is 4.98 Å². The molecule has 1 aromatic carbocycles. The minimum absolute atomic E-state index is 0.0820. The number of pyridine rings is 1. The Labute approximate surface area is 112 Å². The molecule has 0 atom stereocenters. The fourth-order valence-electron chi connectivity index (χ4n) is 1.62. The molecule has 0 unspecified atom stereocenters. The van der Waals surface area contributed by atoms with Crippen LogP contribution in [0.15, 0.2) is 48.8 Å². The van der Waals surface area contributed by atoms with E-state index in [2.05, 4.69) is 10.3 Å². The van der Waals surface area contributed by atoms with Crippen LogP contribution in [0.3, 0.4) is 0 Å². The summed E-state index contributed by atoms with van der Waals surface area (Å²) in [4.78, 5) is 16.0. The van der Waals surface area contributed by atoms with E-state index in [1.54, 1.807) is 42.7 Å². The first-order chi connectivity index (χ1) is 9.15. The topological polar surface area (TPSA) is 51.2 Å². The number of nitrogens with zero attached hydrogens (tertiary/aromatic N) is 1. The predicted molar refractivity (Wildman–Crippen MR) is 74.4 cm³/mol. The second kappa shape index (κ2) is 6.00. The van der Waals surface area contributed by atoms with Crippen molar-refractivity contribution in [1.29, 1.82) is 0 Å². The number of amides is 1. The molecule has 1 aromatic heterocycles. The Morgan fingerprint density at radius 1 is 1.21 bits per heavy atom. The van der Waals surface area contributed by atoms with Gasteiger partial charge < -0.3 is 10.1 Å². The molecule has 0 bridgehead atoms. The van der Waals surface area contributed by atoms with Crippen molar-refractivity contribution in [3.05, 3.63) is 54.4 Å². The van der Waals surface area contributed by atoms with Crippen LogP contribution in [-0.4, -0.2) is 17.0 Å². The summed E-state index contributed by atoms with van der Waals surface area (Å²) in [5.74, 6) is 0.526. The maximum absolute atomic E-state index is 12.1. The monoisotopic (exact) mass is 256 g/mol. The van der Waals surface area contributed by atoms with Crippen molar-refractivity contribution in [3.63, 3.8) is 0 Å². The van der Waals surface area contributed by atoms with Crippen LogP contribution in [0.25, 0.3) is 0 Å². The van der Waals surface area contributed by atoms with Gasteiger partial charge >= 0.3 is 0 Å². The van der Waals surface area contributed by atoms with Gasteiger partial charge in [0.05, 0.1) is 6.10 Å². The molecule has 0 aliphatic heterocycles. The number of rotatable bonds is 4. The van der Waals surface area contributed by atoms with E-state index in [-0.39, 0.29) is 12.0 Å². The summed E-state index contributed by atoms with van der Waals surface area (Å²) in [6, 6.07) is 10.6. The highest BCUT2D eigenvalue weighted by Gasteiger charge is 2.07. The van der Waals surface area contributed by atoms with Crippen molar-refractivity contribution >= 4 is 11.6 Å². The second-order valence-electron chi connectivity index (χ2n) is 4.38. The molecule has 1 N–H and O–H groups in total. The van der Waals surface area contributed by atoms with E-state index >= 15 is 0 Å². The maximum Gasteiger partial charge on any atom is 0.255 e. The van der Waals surface area contributed by atoms with E-state index in [9.17, 15) is 4.79 Å². The second-order valence-corrected chi connectivity index (χ2v) is 4.38. The van der Waals surface area contributed by atoms with E-state index in [1.807, 2.05) is 19.9 Å². The van der Waals surface area contributed by atoms with Gasteiger partial charge in [-0.15, -0.1) is 0 Å². The fraction of sp³-hybridized carbons (Fsp3) is 0.200. The quantitative estimate of drug-likeness (QED) is 0.914. The third-order valence-electron chi connectivity index (χ3n) is 2.41. The SMILES string of the molecule is CC(C)Oc1cccc(C(=O)Nc2ccncc2)c1. The van der Waals surface area contributed by atoms with Crippen LogP contribution < -0.4 is 10.1 Å². The van der Waals surface area contributed by atoms with Gasteiger partial charge in [-0.25, -0.2) is 0 Å². The average Bonchev–Trinajstić information content (AvgIpc) is 2.39. The van der Waals surface area contributed by atoms with Gasteiger partial charge in [0.25, 0.3) is 5.91 Å². The summed E-state index contributed by atoms with van der Waals surface area (Å²) in [6.07, 6.45) is 3.35. The highest BCUT2D eigenvalue weighted by Crippen LogP contribution is 2.16. The third-order valence-corrected chi connectivity index (χ3v) is 2.41. The molecule has 2 aromatic rings. The summed E-state index contributed by atoms with van der Waals surface area (Å²) < 4.78 is 5.57. The minimum atomic E-state index is -0.166. The normalized spacial score (nSPS) is 10.3. The molecular formula is C15H16N2O2. The van der Waals surface area contributed by atoms with Crippen LogP contribution in [0, 0.1) is 0 Å². The highest BCUT2D eigenvalue weighted by molar-refractivity contribution is 6.04. The number of hydrogen-bond donors (Lipinski definition) is 1. The molecule has 0 fully saturated rings. The van der Waals surface area contributed by atoms with E-state index in [0.29, 0.717) is 11.3 Å². The van der Waals surface area contributed by atoms with E-state index < -0.39 is 0 Å². The van der Waals surface area contributed by atoms with Gasteiger partial charge in [0.2, 0.25) is 0 Å². The Hall–Kier alpha value is -2.36. The van der Waals surface area contributed by atoms with E-state index in [1.165, 1.54) is 0 Å². The standard InChI is InChI=1S/C15H16N2O2/c1-11(2)19-14-5-3-4-12(10-14)15(18)17-13-6-8-16-9-7-13/h3-11H,1-2H3,(H,16,17,18). The number of carbonyl (C=O) groups excluding carboxylic acids is 1. The Morgan fingerprint density at radius 2 is 1.95 bits per heavy atom. The first kappa shape index (κ1) is 13.1. The molecular weight excluding hydrogens is 240 g/mol. The first-order valence-electron chi connectivity index (χ1n) is 6.13. The van der Waals surface area contributed by atoms with E-state index in [0.717, 1.165) is 5.69 Å². The summed E-state index contributed by atoms with van der Waals surface area (Å²) in [5.41, 5.74) is 1.28. The number of ether oxygens (including phenoxy) is 1. The molecule has 0 saturated heterocycles. The smallest absolute Gasteiger partial charge is 0.255 e. The predicted octanol–water partition coefficient (Wildman–Crippen LogP) is 3.12. The molecule has 0 saturated carbocycles. The molecule has 4 heteroatoms. The molecule has 0 aliphatic rings. The Balaban J connectivity index is 2.11. The lowest BCUT2D eigenvalue weighted by atomic mass is 10.2. The van der Waals surface area contributed by atoms with Crippen LogP contribution >= 0.6 is 0 Å². The molecule has 0 aliphatic carbocycles. The van der Waals surface area contributed by atoms with Crippen LogP contribution in [0.1, 0.15) is 24.2 Å². The van der Waals surface area contributed by atoms with Crippen molar-refractivity contribution < 1.29 is 9.53 Å². The highest BCUT2D eigenvalue weighted by atomic mass is 16.5. The molecule has 0 spiro atoms. The van der Waals surface area contributed by atoms with Crippen LogP contribution in [-0.2, 0) is 0 Å². The summed E-state index contributed by atoms with van der Waals surface area (Å²) in [7, 11) is 0. The fourth-order valence-corrected chi connectivity index (χ4v) is 1.62. The number of carbonyl (C=O) groups is 1. The lowest BCUT2D eigenvalue weighted by molar-refractivity contribution is 0.102. The van der Waals surface area contributed by atoms with Gasteiger partial charge in [0.1, 0.15) is 5.75 Å². The Bertz CT molecular complexity index is 553. The van der Waals surface area contributed by atoms with Gasteiger partial charge in [-0.1, -0.05) is 6.07 Å². The number of benzene rings is 1. The number of anilines is 1. The zero-order valence-corrected chi connectivity index (χ0v) is 11.0. The molecule has 1 amide bonds. The first-order valence-corrected chi connectivity index (χ1v) is 6.13. The molecule has 0 radical (unpaired) electrons. The summed E-state index contributed by atoms with van der Waals surface area (Å²) >= 11 is 0. The molecule has 98 valence electrons. The molecule has 1 heterocycles. The number of hydrogen-bond acceptors (Lipinski definition) is 3. The average molecular weight is 256 g/mol. The Kier molecular flexibility index (Phi) is 4.13. The van der Waals surface area contributed by atoms with Crippen molar-refractivity contribution in [2.24, 2.45) is 0 Å². The van der Waals surface area contributed by atoms with Gasteiger partial charge in [0, 0.05) is 23.6 Å². The molecule has 2 rings (SSSR count). The van der Waals surface area contributed by atoms with Crippen molar-refractivity contribution in [2.45, 2.75) is 20.0 Å². The summed E-state index contributed by atoms with van der Waals surface area (Å²) in [5, 5.41) is 2.80. The van der Waals surface area contributed by atoms with Gasteiger partial charge in [-0.2, -0.15) is 0 Å². The minimum Gasteiger partial charge on any atom is -0.491 e. The Morgan fingerprint density at radius 3 is 2.63 bits per heavy atom. The van der Waals surface area contributed by atoms with Crippen molar-refractivity contribution in [3.8, 4) is 5.75 Å². The zero-order valence-electron chi connectivity index (χ0n) is 11.0. The largest absolute Gasteiger partial charge is 0.491 e. The molecule has 4 nitrogen and oxygen atoms in total. The van der Waals surface area contributed by atoms with E-state index in [4.69, 9.17) is 4.74 Å². The number of nitrogens with one attached hydrogen (secondary N) is 1. The lowest BCUT2D eigenvalue weighted by Gasteiger charge is -2.11. The summed E-state index contributed by atoms with van der Waals surface area (Å²) in [6.45, 7) is 3.90. The lowest BCUT2D eigenvalue weighted by Crippen LogP contribution is -2.12. The van der Waals surface area contributed by atoms with Gasteiger partial charge in [-0.05, 0) is 44.2 Å². The third kappa shape index (κ3) is 3.81. The van der Waals surface area contributed by atoms with Crippen LogP contribution in [0.4, 0.5) is 5.69 Å². The van der Waals surface area contributed by atoms with Gasteiger partial charge in [0.15, 0.2) is 0 Å². The van der Waals surface area contributed by atoms with Crippen molar-refractivity contribution in [2.75, 3.05) is 5.32 Å².